The van der Waals surface area contributed by atoms with Gasteiger partial charge in [-0.3, -0.25) is 28.8 Å². The van der Waals surface area contributed by atoms with Gasteiger partial charge in [-0.2, -0.15) is 0 Å². The number of carboxylic acids is 1. The Kier molecular flexibility index (Phi) is 13.2. The van der Waals surface area contributed by atoms with Crippen LogP contribution in [0.15, 0.2) is 30.3 Å². The number of carbonyl (C=O) groups is 7. The molecule has 0 radical (unpaired) electrons. The van der Waals surface area contributed by atoms with Crippen molar-refractivity contribution in [2.45, 2.75) is 44.4 Å². The molecule has 0 fully saturated rings. The van der Waals surface area contributed by atoms with Gasteiger partial charge in [-0.25, -0.2) is 4.79 Å². The Morgan fingerprint density at radius 2 is 1.30 bits per heavy atom. The Bertz CT molecular complexity index is 986. The van der Waals surface area contributed by atoms with Gasteiger partial charge in [0.15, 0.2) is 0 Å². The van der Waals surface area contributed by atoms with Crippen molar-refractivity contribution in [3.8, 4) is 0 Å². The lowest BCUT2D eigenvalue weighted by Gasteiger charge is -2.20. The second-order valence-corrected chi connectivity index (χ2v) is 7.72. The topological polar surface area (TPSA) is 249 Å². The lowest BCUT2D eigenvalue weighted by molar-refractivity contribution is -0.138. The first-order valence-corrected chi connectivity index (χ1v) is 11.1. The van der Waals surface area contributed by atoms with Crippen LogP contribution < -0.4 is 32.7 Å². The van der Waals surface area contributed by atoms with E-state index in [1.54, 1.807) is 30.3 Å². The van der Waals surface area contributed by atoms with E-state index in [1.807, 2.05) is 0 Å². The van der Waals surface area contributed by atoms with E-state index in [4.69, 9.17) is 21.3 Å². The highest BCUT2D eigenvalue weighted by Gasteiger charge is 2.25. The molecule has 15 heteroatoms. The number of ether oxygens (including phenoxy) is 1. The maximum absolute atomic E-state index is 12.6. The molecule has 6 amide bonds. The smallest absolute Gasteiger partial charge is 0.408 e. The van der Waals surface area contributed by atoms with Gasteiger partial charge >= 0.3 is 12.1 Å². The van der Waals surface area contributed by atoms with Gasteiger partial charge in [0.25, 0.3) is 0 Å². The zero-order valence-corrected chi connectivity index (χ0v) is 19.9. The first-order valence-electron chi connectivity index (χ1n) is 11.1. The monoisotopic (exact) mass is 522 g/mol. The second kappa shape index (κ2) is 16.1. The Labute approximate surface area is 211 Å². The highest BCUT2D eigenvalue weighted by molar-refractivity contribution is 5.93. The molecule has 0 unspecified atom stereocenters. The summed E-state index contributed by atoms with van der Waals surface area (Å²) in [6.07, 6.45) is -1.86. The summed E-state index contributed by atoms with van der Waals surface area (Å²) in [7, 11) is 0. The minimum atomic E-state index is -1.32. The normalized spacial score (nSPS) is 11.8. The molecule has 0 aliphatic rings. The van der Waals surface area contributed by atoms with Crippen molar-refractivity contribution in [2.75, 3.05) is 13.1 Å². The highest BCUT2D eigenvalue weighted by Crippen LogP contribution is 2.03. The number of carbonyl (C=O) groups excluding carboxylic acids is 6. The molecule has 0 aliphatic carbocycles. The third-order valence-corrected chi connectivity index (χ3v) is 4.67. The van der Waals surface area contributed by atoms with Crippen molar-refractivity contribution in [3.05, 3.63) is 35.9 Å². The summed E-state index contributed by atoms with van der Waals surface area (Å²) >= 11 is 0. The van der Waals surface area contributed by atoms with Crippen LogP contribution in [0.5, 0.6) is 0 Å². The van der Waals surface area contributed by atoms with E-state index in [1.165, 1.54) is 0 Å². The number of hydrogen-bond acceptors (Lipinski definition) is 8. The van der Waals surface area contributed by atoms with E-state index < -0.39 is 66.8 Å². The van der Waals surface area contributed by atoms with Crippen molar-refractivity contribution in [2.24, 2.45) is 11.5 Å². The van der Waals surface area contributed by atoms with E-state index in [-0.39, 0.29) is 32.3 Å². The maximum atomic E-state index is 12.6. The lowest BCUT2D eigenvalue weighted by Crippen LogP contribution is -2.52. The molecule has 0 saturated carbocycles. The Morgan fingerprint density at radius 3 is 1.81 bits per heavy atom. The first-order chi connectivity index (χ1) is 17.5. The van der Waals surface area contributed by atoms with E-state index in [2.05, 4.69) is 21.3 Å². The fraction of sp³-hybridized carbons (Fsp3) is 0.409. The predicted octanol–water partition coefficient (Wildman–Crippen LogP) is -2.39. The first kappa shape index (κ1) is 30.3. The fourth-order valence-corrected chi connectivity index (χ4v) is 2.84. The standard InChI is InChI=1S/C22H30N6O9/c23-16(29)8-6-14(20(34)26-11-19(32)33)27-18(31)10-25-21(35)15(7-9-17(24)30)28-22(36)37-12-13-4-2-1-3-5-13/h1-5,14-15H,6-12H2,(H2,23,29)(H2,24,30)(H,25,35)(H,26,34)(H,27,31)(H,28,36)(H,32,33)/t14-,15-/m0/s1. The van der Waals surface area contributed by atoms with Gasteiger partial charge in [0.05, 0.1) is 6.54 Å². The van der Waals surface area contributed by atoms with Crippen LogP contribution in [0.2, 0.25) is 0 Å². The number of nitrogens with two attached hydrogens (primary N) is 2. The molecule has 37 heavy (non-hydrogen) atoms. The molecule has 1 aromatic rings. The number of amides is 6. The van der Waals surface area contributed by atoms with Gasteiger partial charge < -0.3 is 42.6 Å². The van der Waals surface area contributed by atoms with Crippen molar-refractivity contribution >= 4 is 41.6 Å². The fourth-order valence-electron chi connectivity index (χ4n) is 2.84. The third-order valence-electron chi connectivity index (χ3n) is 4.67. The van der Waals surface area contributed by atoms with Gasteiger partial charge in [-0.1, -0.05) is 30.3 Å². The molecule has 0 spiro atoms. The Hall–Kier alpha value is -4.69. The van der Waals surface area contributed by atoms with Crippen molar-refractivity contribution in [1.29, 1.82) is 0 Å². The number of carboxylic acid groups (broad SMARTS) is 1. The summed E-state index contributed by atoms with van der Waals surface area (Å²) in [6, 6.07) is 6.16. The molecule has 15 nitrogen and oxygen atoms in total. The summed E-state index contributed by atoms with van der Waals surface area (Å²) in [5.41, 5.74) is 10.9. The van der Waals surface area contributed by atoms with Gasteiger partial charge in [-0.15, -0.1) is 0 Å². The van der Waals surface area contributed by atoms with Crippen LogP contribution in [0, 0.1) is 0 Å². The highest BCUT2D eigenvalue weighted by atomic mass is 16.5. The minimum absolute atomic E-state index is 0.0735. The lowest BCUT2D eigenvalue weighted by atomic mass is 10.1. The summed E-state index contributed by atoms with van der Waals surface area (Å²) in [4.78, 5) is 82.0. The molecule has 0 heterocycles. The third kappa shape index (κ3) is 13.7. The quantitative estimate of drug-likeness (QED) is 0.122. The molecule has 0 aliphatic heterocycles. The molecular weight excluding hydrogens is 492 g/mol. The van der Waals surface area contributed by atoms with E-state index >= 15 is 0 Å². The molecule has 0 bridgehead atoms. The molecule has 1 aromatic carbocycles. The number of rotatable bonds is 16. The van der Waals surface area contributed by atoms with Crippen LogP contribution in [0.3, 0.4) is 0 Å². The Morgan fingerprint density at radius 1 is 0.784 bits per heavy atom. The molecule has 0 saturated heterocycles. The van der Waals surface area contributed by atoms with Crippen LogP contribution in [0.25, 0.3) is 0 Å². The number of aliphatic carboxylic acids is 1. The molecule has 9 N–H and O–H groups in total. The van der Waals surface area contributed by atoms with Crippen molar-refractivity contribution < 1.29 is 43.4 Å². The average Bonchev–Trinajstić information content (AvgIpc) is 2.85. The predicted molar refractivity (Wildman–Crippen MR) is 126 cm³/mol. The Balaban J connectivity index is 2.69. The molecular formula is C22H30N6O9. The SMILES string of the molecule is NC(=O)CC[C@H](NC(=O)CNC(=O)[C@H](CCC(N)=O)NC(=O)OCc1ccccc1)C(=O)NCC(=O)O. The van der Waals surface area contributed by atoms with E-state index in [9.17, 15) is 33.6 Å². The molecule has 2 atom stereocenters. The van der Waals surface area contributed by atoms with Gasteiger partial charge in [0.2, 0.25) is 29.5 Å². The number of alkyl carbamates (subject to hydrolysis) is 1. The van der Waals surface area contributed by atoms with Crippen molar-refractivity contribution in [1.82, 2.24) is 21.3 Å². The number of primary amides is 2. The number of hydrogen-bond donors (Lipinski definition) is 7. The summed E-state index contributed by atoms with van der Waals surface area (Å²) in [6.45, 7) is -1.44. The average molecular weight is 523 g/mol. The van der Waals surface area contributed by atoms with Crippen LogP contribution in [-0.2, 0) is 40.1 Å². The largest absolute Gasteiger partial charge is 0.480 e. The van der Waals surface area contributed by atoms with E-state index in [0.717, 1.165) is 0 Å². The zero-order chi connectivity index (χ0) is 27.8. The van der Waals surface area contributed by atoms with Crippen LogP contribution in [-0.4, -0.2) is 71.9 Å². The maximum Gasteiger partial charge on any atom is 0.408 e. The molecule has 202 valence electrons. The van der Waals surface area contributed by atoms with Crippen LogP contribution >= 0.6 is 0 Å². The van der Waals surface area contributed by atoms with Crippen molar-refractivity contribution in [3.63, 3.8) is 0 Å². The van der Waals surface area contributed by atoms with Gasteiger partial charge in [0, 0.05) is 12.8 Å². The summed E-state index contributed by atoms with van der Waals surface area (Å²) in [5.74, 6) is -5.35. The van der Waals surface area contributed by atoms with Crippen LogP contribution in [0.1, 0.15) is 31.2 Å². The number of nitrogens with one attached hydrogen (secondary N) is 4. The van der Waals surface area contributed by atoms with E-state index in [0.29, 0.717) is 5.56 Å². The molecule has 1 rings (SSSR count). The number of benzene rings is 1. The summed E-state index contributed by atoms with van der Waals surface area (Å²) in [5, 5.41) is 17.6. The summed E-state index contributed by atoms with van der Waals surface area (Å²) < 4.78 is 5.06. The molecule has 0 aromatic heterocycles. The van der Waals surface area contributed by atoms with Gasteiger partial charge in [-0.05, 0) is 18.4 Å². The minimum Gasteiger partial charge on any atom is -0.480 e. The van der Waals surface area contributed by atoms with Gasteiger partial charge in [0.1, 0.15) is 25.2 Å². The zero-order valence-electron chi connectivity index (χ0n) is 19.9. The second-order valence-electron chi connectivity index (χ2n) is 7.72. The van der Waals surface area contributed by atoms with Crippen LogP contribution in [0.4, 0.5) is 4.79 Å².